The Kier molecular flexibility index (Phi) is 11.2. The topological polar surface area (TPSA) is 105 Å². The van der Waals surface area contributed by atoms with Crippen molar-refractivity contribution in [2.45, 2.75) is 57.6 Å². The number of benzene rings is 3. The smallest absolute Gasteiger partial charge is 0.264 e. The summed E-state index contributed by atoms with van der Waals surface area (Å²) in [4.78, 5) is 28.5. The highest BCUT2D eigenvalue weighted by atomic mass is 35.5. The van der Waals surface area contributed by atoms with E-state index in [2.05, 4.69) is 5.32 Å². The molecular formula is C31H38ClN3O6S. The summed E-state index contributed by atoms with van der Waals surface area (Å²) >= 11 is 6.09. The highest BCUT2D eigenvalue weighted by Gasteiger charge is 2.33. The van der Waals surface area contributed by atoms with Crippen molar-refractivity contribution in [3.8, 4) is 11.5 Å². The minimum Gasteiger partial charge on any atom is -0.493 e. The van der Waals surface area contributed by atoms with Crippen molar-refractivity contribution in [2.75, 3.05) is 25.1 Å². The predicted molar refractivity (Wildman–Crippen MR) is 165 cm³/mol. The lowest BCUT2D eigenvalue weighted by molar-refractivity contribution is -0.139. The van der Waals surface area contributed by atoms with Crippen LogP contribution in [0, 0.1) is 6.92 Å². The van der Waals surface area contributed by atoms with E-state index in [4.69, 9.17) is 21.1 Å². The molecule has 0 aromatic heterocycles. The van der Waals surface area contributed by atoms with E-state index in [9.17, 15) is 18.0 Å². The number of methoxy groups -OCH3 is 2. The molecule has 3 aromatic carbocycles. The largest absolute Gasteiger partial charge is 0.493 e. The molecule has 0 fully saturated rings. The SMILES string of the molecule is CC[C@@H](C)NC(=O)[C@@H](C)N(Cc1ccc(C)cc1)C(=O)CN(c1ccc(Cl)cc1)S(=O)(=O)c1ccc(OC)c(OC)c1. The first-order valence-electron chi connectivity index (χ1n) is 13.6. The summed E-state index contributed by atoms with van der Waals surface area (Å²) in [7, 11) is -1.44. The van der Waals surface area contributed by atoms with E-state index in [0.29, 0.717) is 10.8 Å². The van der Waals surface area contributed by atoms with Crippen LogP contribution in [0.15, 0.2) is 71.6 Å². The van der Waals surface area contributed by atoms with Crippen molar-refractivity contribution in [3.63, 3.8) is 0 Å². The Bertz CT molecular complexity index is 1480. The molecule has 0 aliphatic rings. The molecule has 0 saturated carbocycles. The van der Waals surface area contributed by atoms with E-state index >= 15 is 0 Å². The molecule has 0 unspecified atom stereocenters. The Balaban J connectivity index is 2.06. The van der Waals surface area contributed by atoms with Gasteiger partial charge in [0.2, 0.25) is 11.8 Å². The minimum absolute atomic E-state index is 0.0905. The van der Waals surface area contributed by atoms with Crippen LogP contribution in [0.5, 0.6) is 11.5 Å². The Labute approximate surface area is 253 Å². The first-order chi connectivity index (χ1) is 19.9. The number of rotatable bonds is 13. The van der Waals surface area contributed by atoms with Gasteiger partial charge in [0.1, 0.15) is 12.6 Å². The van der Waals surface area contributed by atoms with Crippen molar-refractivity contribution in [2.24, 2.45) is 0 Å². The molecule has 0 bridgehead atoms. The average Bonchev–Trinajstić information content (AvgIpc) is 2.98. The highest BCUT2D eigenvalue weighted by molar-refractivity contribution is 7.92. The zero-order chi connectivity index (χ0) is 31.0. The maximum Gasteiger partial charge on any atom is 0.264 e. The number of anilines is 1. The van der Waals surface area contributed by atoms with Gasteiger partial charge in [-0.25, -0.2) is 8.42 Å². The first kappa shape index (κ1) is 32.8. The summed E-state index contributed by atoms with van der Waals surface area (Å²) in [5.41, 5.74) is 2.08. The second-order valence-corrected chi connectivity index (χ2v) is 12.3. The summed E-state index contributed by atoms with van der Waals surface area (Å²) < 4.78 is 39.7. The molecule has 0 aliphatic carbocycles. The third-order valence-electron chi connectivity index (χ3n) is 6.98. The normalized spacial score (nSPS) is 12.6. The van der Waals surface area contributed by atoms with Gasteiger partial charge in [-0.3, -0.25) is 13.9 Å². The van der Waals surface area contributed by atoms with Crippen LogP contribution >= 0.6 is 11.6 Å². The standard InChI is InChI=1S/C31H38ClN3O6S/c1-7-22(3)33-31(37)23(4)34(19-24-10-8-21(2)9-11-24)30(36)20-35(26-14-12-25(32)13-15-26)42(38,39)27-16-17-28(40-5)29(18-27)41-6/h8-18,22-23H,7,19-20H2,1-6H3,(H,33,37)/t22-,23-/m1/s1. The first-order valence-corrected chi connectivity index (χ1v) is 15.4. The summed E-state index contributed by atoms with van der Waals surface area (Å²) in [6.45, 7) is 6.98. The third-order valence-corrected chi connectivity index (χ3v) is 9.00. The lowest BCUT2D eigenvalue weighted by Gasteiger charge is -2.32. The second-order valence-electron chi connectivity index (χ2n) is 10.0. The number of nitrogens with zero attached hydrogens (tertiary/aromatic N) is 2. The number of sulfonamides is 1. The molecule has 3 rings (SSSR count). The van der Waals surface area contributed by atoms with Gasteiger partial charge >= 0.3 is 0 Å². The van der Waals surface area contributed by atoms with E-state index in [1.807, 2.05) is 45.0 Å². The number of aryl methyl sites for hydroxylation is 1. The molecule has 0 radical (unpaired) electrons. The summed E-state index contributed by atoms with van der Waals surface area (Å²) in [5.74, 6) is -0.305. The molecule has 0 heterocycles. The van der Waals surface area contributed by atoms with Gasteiger partial charge in [0.05, 0.1) is 24.8 Å². The average molecular weight is 616 g/mol. The fourth-order valence-electron chi connectivity index (χ4n) is 4.18. The number of carbonyl (C=O) groups excluding carboxylic acids is 2. The van der Waals surface area contributed by atoms with Gasteiger partial charge in [-0.05, 0) is 69.2 Å². The molecule has 11 heteroatoms. The van der Waals surface area contributed by atoms with Crippen LogP contribution in [0.25, 0.3) is 0 Å². The number of hydrogen-bond donors (Lipinski definition) is 1. The van der Waals surface area contributed by atoms with Crippen LogP contribution in [0.2, 0.25) is 5.02 Å². The molecule has 0 saturated heterocycles. The lowest BCUT2D eigenvalue weighted by Crippen LogP contribution is -2.52. The van der Waals surface area contributed by atoms with Gasteiger partial charge in [-0.2, -0.15) is 0 Å². The van der Waals surface area contributed by atoms with Crippen molar-refractivity contribution in [1.29, 1.82) is 0 Å². The molecule has 3 aromatic rings. The molecule has 2 atom stereocenters. The van der Waals surface area contributed by atoms with Crippen molar-refractivity contribution < 1.29 is 27.5 Å². The number of nitrogens with one attached hydrogen (secondary N) is 1. The number of carbonyl (C=O) groups is 2. The van der Waals surface area contributed by atoms with E-state index in [0.717, 1.165) is 21.9 Å². The number of hydrogen-bond acceptors (Lipinski definition) is 6. The van der Waals surface area contributed by atoms with Crippen LogP contribution in [0.3, 0.4) is 0 Å². The quantitative estimate of drug-likeness (QED) is 0.284. The Morgan fingerprint density at radius 3 is 2.12 bits per heavy atom. The summed E-state index contributed by atoms with van der Waals surface area (Å²) in [6.07, 6.45) is 0.721. The summed E-state index contributed by atoms with van der Waals surface area (Å²) in [6, 6.07) is 17.0. The predicted octanol–water partition coefficient (Wildman–Crippen LogP) is 5.19. The monoisotopic (exact) mass is 615 g/mol. The van der Waals surface area contributed by atoms with E-state index in [-0.39, 0.29) is 34.8 Å². The maximum absolute atomic E-state index is 14.1. The Hall–Kier alpha value is -3.76. The lowest BCUT2D eigenvalue weighted by atomic mass is 10.1. The van der Waals surface area contributed by atoms with Gasteiger partial charge in [0, 0.05) is 23.7 Å². The van der Waals surface area contributed by atoms with Crippen LogP contribution in [-0.4, -0.2) is 58.0 Å². The fourth-order valence-corrected chi connectivity index (χ4v) is 5.73. The van der Waals surface area contributed by atoms with E-state index in [1.54, 1.807) is 19.1 Å². The van der Waals surface area contributed by atoms with E-state index in [1.165, 1.54) is 49.5 Å². The number of halogens is 1. The van der Waals surface area contributed by atoms with Crippen LogP contribution < -0.4 is 19.1 Å². The van der Waals surface area contributed by atoms with Gasteiger partial charge < -0.3 is 19.7 Å². The van der Waals surface area contributed by atoms with Gasteiger partial charge in [0.25, 0.3) is 10.0 Å². The molecule has 2 amide bonds. The third kappa shape index (κ3) is 7.95. The molecular weight excluding hydrogens is 578 g/mol. The minimum atomic E-state index is -4.29. The van der Waals surface area contributed by atoms with Gasteiger partial charge in [0.15, 0.2) is 11.5 Å². The Morgan fingerprint density at radius 2 is 1.55 bits per heavy atom. The zero-order valence-electron chi connectivity index (χ0n) is 24.8. The van der Waals surface area contributed by atoms with Crippen molar-refractivity contribution >= 4 is 39.1 Å². The molecule has 1 N–H and O–H groups in total. The molecule has 0 aliphatic heterocycles. The number of ether oxygens (including phenoxy) is 2. The van der Waals surface area contributed by atoms with Gasteiger partial charge in [-0.1, -0.05) is 48.4 Å². The highest BCUT2D eigenvalue weighted by Crippen LogP contribution is 2.32. The molecule has 9 nitrogen and oxygen atoms in total. The van der Waals surface area contributed by atoms with Gasteiger partial charge in [-0.15, -0.1) is 0 Å². The van der Waals surface area contributed by atoms with Crippen LogP contribution in [0.1, 0.15) is 38.3 Å². The Morgan fingerprint density at radius 1 is 0.929 bits per heavy atom. The fraction of sp³-hybridized carbons (Fsp3) is 0.355. The summed E-state index contributed by atoms with van der Waals surface area (Å²) in [5, 5.41) is 3.33. The van der Waals surface area contributed by atoms with Crippen molar-refractivity contribution in [1.82, 2.24) is 10.2 Å². The zero-order valence-corrected chi connectivity index (χ0v) is 26.3. The maximum atomic E-state index is 14.1. The molecule has 226 valence electrons. The van der Waals surface area contributed by atoms with E-state index < -0.39 is 28.5 Å². The van der Waals surface area contributed by atoms with Crippen LogP contribution in [-0.2, 0) is 26.2 Å². The number of amides is 2. The molecule has 0 spiro atoms. The van der Waals surface area contributed by atoms with Crippen LogP contribution in [0.4, 0.5) is 5.69 Å². The molecule has 42 heavy (non-hydrogen) atoms. The second kappa shape index (κ2) is 14.4. The van der Waals surface area contributed by atoms with Crippen molar-refractivity contribution in [3.05, 3.63) is 82.9 Å².